The van der Waals surface area contributed by atoms with Crippen LogP contribution in [0.4, 0.5) is 0 Å². The highest BCUT2D eigenvalue weighted by Gasteiger charge is 2.11. The SMILES string of the molecule is Cc1ccc([S@](=O)c2nccc3ccccc23)cc1. The van der Waals surface area contributed by atoms with Gasteiger partial charge in [0.2, 0.25) is 0 Å². The van der Waals surface area contributed by atoms with Crippen LogP contribution in [-0.2, 0) is 10.8 Å². The molecule has 2 nitrogen and oxygen atoms in total. The second-order valence-electron chi connectivity index (χ2n) is 4.42. The molecule has 1 aromatic heterocycles. The first-order chi connectivity index (χ1) is 9.25. The number of aromatic nitrogens is 1. The van der Waals surface area contributed by atoms with Crippen molar-refractivity contribution in [2.24, 2.45) is 0 Å². The molecular weight excluding hydrogens is 254 g/mol. The lowest BCUT2D eigenvalue weighted by atomic mass is 10.2. The van der Waals surface area contributed by atoms with Crippen molar-refractivity contribution in [1.82, 2.24) is 4.98 Å². The lowest BCUT2D eigenvalue weighted by Gasteiger charge is -2.05. The van der Waals surface area contributed by atoms with Crippen molar-refractivity contribution in [1.29, 1.82) is 0 Å². The van der Waals surface area contributed by atoms with Crippen LogP contribution in [0.25, 0.3) is 10.8 Å². The topological polar surface area (TPSA) is 30.0 Å². The highest BCUT2D eigenvalue weighted by Crippen LogP contribution is 2.23. The summed E-state index contributed by atoms with van der Waals surface area (Å²) < 4.78 is 12.6. The summed E-state index contributed by atoms with van der Waals surface area (Å²) in [5.41, 5.74) is 1.16. The van der Waals surface area contributed by atoms with E-state index in [9.17, 15) is 4.21 Å². The normalized spacial score (nSPS) is 12.5. The highest BCUT2D eigenvalue weighted by atomic mass is 32.2. The van der Waals surface area contributed by atoms with Crippen LogP contribution in [0.3, 0.4) is 0 Å². The van der Waals surface area contributed by atoms with E-state index in [1.807, 2.05) is 61.5 Å². The molecule has 0 saturated heterocycles. The van der Waals surface area contributed by atoms with Crippen LogP contribution in [0.5, 0.6) is 0 Å². The summed E-state index contributed by atoms with van der Waals surface area (Å²) in [6, 6.07) is 17.6. The Morgan fingerprint density at radius 2 is 1.68 bits per heavy atom. The fourth-order valence-electron chi connectivity index (χ4n) is 2.01. The Labute approximate surface area is 114 Å². The van der Waals surface area contributed by atoms with Gasteiger partial charge in [-0.05, 0) is 30.5 Å². The predicted molar refractivity (Wildman–Crippen MR) is 77.6 cm³/mol. The van der Waals surface area contributed by atoms with Gasteiger partial charge in [-0.1, -0.05) is 42.0 Å². The van der Waals surface area contributed by atoms with E-state index in [1.165, 1.54) is 0 Å². The first-order valence-corrected chi connectivity index (χ1v) is 7.23. The van der Waals surface area contributed by atoms with Gasteiger partial charge in [-0.2, -0.15) is 0 Å². The summed E-state index contributed by atoms with van der Waals surface area (Å²) in [4.78, 5) is 5.09. The Morgan fingerprint density at radius 3 is 2.47 bits per heavy atom. The standard InChI is InChI=1S/C16H13NOS/c1-12-6-8-14(9-7-12)19(18)16-15-5-3-2-4-13(15)10-11-17-16/h2-11H,1H3/t19-/m0/s1. The van der Waals surface area contributed by atoms with Crippen molar-refractivity contribution in [3.8, 4) is 0 Å². The molecule has 2 aromatic carbocycles. The van der Waals surface area contributed by atoms with Crippen molar-refractivity contribution < 1.29 is 4.21 Å². The van der Waals surface area contributed by atoms with Crippen LogP contribution in [0.1, 0.15) is 5.56 Å². The molecule has 3 rings (SSSR count). The molecule has 0 N–H and O–H groups in total. The largest absolute Gasteiger partial charge is 0.247 e. The first-order valence-electron chi connectivity index (χ1n) is 6.08. The van der Waals surface area contributed by atoms with Crippen LogP contribution in [0, 0.1) is 6.92 Å². The Morgan fingerprint density at radius 1 is 0.947 bits per heavy atom. The van der Waals surface area contributed by atoms with E-state index in [4.69, 9.17) is 0 Å². The number of aryl methyl sites for hydroxylation is 1. The van der Waals surface area contributed by atoms with E-state index in [1.54, 1.807) is 6.20 Å². The maximum atomic E-state index is 12.6. The van der Waals surface area contributed by atoms with Gasteiger partial charge in [0, 0.05) is 16.5 Å². The molecule has 0 amide bonds. The average Bonchev–Trinajstić information content (AvgIpc) is 2.47. The van der Waals surface area contributed by atoms with Gasteiger partial charge < -0.3 is 0 Å². The fourth-order valence-corrected chi connectivity index (χ4v) is 3.16. The predicted octanol–water partition coefficient (Wildman–Crippen LogP) is 3.71. The minimum atomic E-state index is -1.24. The summed E-state index contributed by atoms with van der Waals surface area (Å²) >= 11 is 0. The maximum Gasteiger partial charge on any atom is 0.139 e. The minimum absolute atomic E-state index is 0.627. The molecule has 1 heterocycles. The molecule has 0 aliphatic rings. The Bertz CT molecular complexity index is 745. The summed E-state index contributed by atoms with van der Waals surface area (Å²) in [7, 11) is -1.24. The summed E-state index contributed by atoms with van der Waals surface area (Å²) in [6.07, 6.45) is 1.71. The zero-order valence-electron chi connectivity index (χ0n) is 10.5. The summed E-state index contributed by atoms with van der Waals surface area (Å²) in [6.45, 7) is 2.02. The Hall–Kier alpha value is -2.00. The number of pyridine rings is 1. The van der Waals surface area contributed by atoms with Gasteiger partial charge >= 0.3 is 0 Å². The van der Waals surface area contributed by atoms with Crippen molar-refractivity contribution in [2.45, 2.75) is 16.8 Å². The second kappa shape index (κ2) is 4.94. The number of hydrogen-bond acceptors (Lipinski definition) is 2. The zero-order valence-corrected chi connectivity index (χ0v) is 11.4. The van der Waals surface area contributed by atoms with Gasteiger partial charge in [-0.25, -0.2) is 9.19 Å². The smallest absolute Gasteiger partial charge is 0.139 e. The number of benzene rings is 2. The number of rotatable bonds is 2. The third-order valence-electron chi connectivity index (χ3n) is 3.05. The van der Waals surface area contributed by atoms with E-state index < -0.39 is 10.8 Å². The molecule has 0 saturated carbocycles. The van der Waals surface area contributed by atoms with Gasteiger partial charge in [0.15, 0.2) is 0 Å². The first kappa shape index (κ1) is 12.1. The molecule has 3 heteroatoms. The second-order valence-corrected chi connectivity index (χ2v) is 5.81. The van der Waals surface area contributed by atoms with E-state index in [0.717, 1.165) is 21.2 Å². The molecule has 0 bridgehead atoms. The lowest BCUT2D eigenvalue weighted by Crippen LogP contribution is -1.97. The molecular formula is C16H13NOS. The zero-order chi connectivity index (χ0) is 13.2. The monoisotopic (exact) mass is 267 g/mol. The third kappa shape index (κ3) is 2.29. The minimum Gasteiger partial charge on any atom is -0.247 e. The fraction of sp³-hybridized carbons (Fsp3) is 0.0625. The molecule has 1 atom stereocenters. The number of nitrogens with zero attached hydrogens (tertiary/aromatic N) is 1. The third-order valence-corrected chi connectivity index (χ3v) is 4.42. The Kier molecular flexibility index (Phi) is 3.13. The molecule has 0 unspecified atom stereocenters. The summed E-state index contributed by atoms with van der Waals surface area (Å²) in [5, 5.41) is 2.64. The van der Waals surface area contributed by atoms with Crippen LogP contribution in [-0.4, -0.2) is 9.19 Å². The molecule has 94 valence electrons. The van der Waals surface area contributed by atoms with Gasteiger partial charge in [0.1, 0.15) is 15.8 Å². The molecule has 0 spiro atoms. The van der Waals surface area contributed by atoms with Crippen molar-refractivity contribution >= 4 is 21.6 Å². The average molecular weight is 267 g/mol. The van der Waals surface area contributed by atoms with Crippen LogP contribution in [0.2, 0.25) is 0 Å². The van der Waals surface area contributed by atoms with Crippen molar-refractivity contribution in [3.63, 3.8) is 0 Å². The summed E-state index contributed by atoms with van der Waals surface area (Å²) in [5.74, 6) is 0. The molecule has 0 aliphatic heterocycles. The molecule has 19 heavy (non-hydrogen) atoms. The van der Waals surface area contributed by atoms with Crippen LogP contribution >= 0.6 is 0 Å². The highest BCUT2D eigenvalue weighted by molar-refractivity contribution is 7.85. The molecule has 0 aliphatic carbocycles. The van der Waals surface area contributed by atoms with Crippen LogP contribution in [0.15, 0.2) is 70.7 Å². The van der Waals surface area contributed by atoms with Gasteiger partial charge in [-0.15, -0.1) is 0 Å². The van der Waals surface area contributed by atoms with E-state index in [2.05, 4.69) is 4.98 Å². The van der Waals surface area contributed by atoms with E-state index >= 15 is 0 Å². The molecule has 3 aromatic rings. The Balaban J connectivity index is 2.14. The number of fused-ring (bicyclic) bond motifs is 1. The lowest BCUT2D eigenvalue weighted by molar-refractivity contribution is 0.681. The quantitative estimate of drug-likeness (QED) is 0.708. The van der Waals surface area contributed by atoms with Gasteiger partial charge in [0.25, 0.3) is 0 Å². The van der Waals surface area contributed by atoms with E-state index in [0.29, 0.717) is 5.03 Å². The van der Waals surface area contributed by atoms with Crippen molar-refractivity contribution in [2.75, 3.05) is 0 Å². The van der Waals surface area contributed by atoms with Crippen molar-refractivity contribution in [3.05, 3.63) is 66.4 Å². The van der Waals surface area contributed by atoms with E-state index in [-0.39, 0.29) is 0 Å². The molecule has 0 radical (unpaired) electrons. The van der Waals surface area contributed by atoms with Gasteiger partial charge in [-0.3, -0.25) is 0 Å². The maximum absolute atomic E-state index is 12.6. The molecule has 0 fully saturated rings. The number of hydrogen-bond donors (Lipinski definition) is 0. The van der Waals surface area contributed by atoms with Crippen LogP contribution < -0.4 is 0 Å². The van der Waals surface area contributed by atoms with Gasteiger partial charge in [0.05, 0.1) is 0 Å².